The highest BCUT2D eigenvalue weighted by atomic mass is 17.1. The molecule has 1 atom stereocenters. The second-order valence-corrected chi connectivity index (χ2v) is 5.98. The summed E-state index contributed by atoms with van der Waals surface area (Å²) in [6.07, 6.45) is 27.5. The van der Waals surface area contributed by atoms with Crippen molar-refractivity contribution in [2.45, 2.75) is 70.8 Å². The SMILES string of the molecule is CC/C=C\CC(/C=C/C=C\C/C=C\C/C=C\CCCCCC(=O)O)OO. The maximum Gasteiger partial charge on any atom is 0.303 e. The van der Waals surface area contributed by atoms with E-state index in [9.17, 15) is 4.79 Å². The first kappa shape index (κ1) is 24.1. The molecule has 26 heavy (non-hydrogen) atoms. The highest BCUT2D eigenvalue weighted by molar-refractivity contribution is 5.66. The monoisotopic (exact) mass is 362 g/mol. The third-order valence-corrected chi connectivity index (χ3v) is 3.62. The number of rotatable bonds is 16. The lowest BCUT2D eigenvalue weighted by Gasteiger charge is -2.03. The summed E-state index contributed by atoms with van der Waals surface area (Å²) >= 11 is 0. The molecular weight excluding hydrogens is 328 g/mol. The molecule has 0 aliphatic rings. The van der Waals surface area contributed by atoms with Crippen LogP contribution < -0.4 is 0 Å². The number of hydrogen-bond acceptors (Lipinski definition) is 3. The molecule has 4 nitrogen and oxygen atoms in total. The number of unbranched alkanes of at least 4 members (excludes halogenated alkanes) is 3. The van der Waals surface area contributed by atoms with Gasteiger partial charge in [0, 0.05) is 6.42 Å². The van der Waals surface area contributed by atoms with Gasteiger partial charge < -0.3 is 5.11 Å². The van der Waals surface area contributed by atoms with E-state index in [0.29, 0.717) is 6.42 Å². The van der Waals surface area contributed by atoms with Crippen molar-refractivity contribution in [2.24, 2.45) is 0 Å². The Morgan fingerprint density at radius 1 is 0.923 bits per heavy atom. The molecule has 0 amide bonds. The zero-order valence-electron chi connectivity index (χ0n) is 15.9. The molecule has 0 radical (unpaired) electrons. The maximum atomic E-state index is 10.4. The number of carbonyl (C=O) groups is 1. The lowest BCUT2D eigenvalue weighted by atomic mass is 10.1. The predicted octanol–water partition coefficient (Wildman–Crippen LogP) is 6.24. The average molecular weight is 363 g/mol. The van der Waals surface area contributed by atoms with E-state index in [1.54, 1.807) is 0 Å². The fraction of sp³-hybridized carbons (Fsp3) is 0.500. The van der Waals surface area contributed by atoms with Gasteiger partial charge in [0.05, 0.1) is 0 Å². The van der Waals surface area contributed by atoms with Crippen molar-refractivity contribution in [3.05, 3.63) is 60.8 Å². The summed E-state index contributed by atoms with van der Waals surface area (Å²) in [5.41, 5.74) is 0. The molecule has 0 aromatic carbocycles. The van der Waals surface area contributed by atoms with Crippen LogP contribution in [0.4, 0.5) is 0 Å². The van der Waals surface area contributed by atoms with E-state index >= 15 is 0 Å². The maximum absolute atomic E-state index is 10.4. The number of aliphatic carboxylic acids is 1. The third kappa shape index (κ3) is 18.4. The lowest BCUT2D eigenvalue weighted by molar-refractivity contribution is -0.264. The molecule has 4 heteroatoms. The van der Waals surface area contributed by atoms with Gasteiger partial charge in [0.15, 0.2) is 0 Å². The van der Waals surface area contributed by atoms with E-state index in [2.05, 4.69) is 48.3 Å². The van der Waals surface area contributed by atoms with E-state index in [1.165, 1.54) is 0 Å². The molecule has 0 saturated heterocycles. The predicted molar refractivity (Wildman–Crippen MR) is 108 cm³/mol. The molecule has 146 valence electrons. The van der Waals surface area contributed by atoms with Crippen LogP contribution in [0.1, 0.15) is 64.7 Å². The van der Waals surface area contributed by atoms with Crippen molar-refractivity contribution in [3.63, 3.8) is 0 Å². The van der Waals surface area contributed by atoms with Crippen LogP contribution in [0.25, 0.3) is 0 Å². The molecule has 0 spiro atoms. The number of carboxylic acids is 1. The van der Waals surface area contributed by atoms with Gasteiger partial charge in [-0.1, -0.05) is 74.1 Å². The summed E-state index contributed by atoms with van der Waals surface area (Å²) in [5.74, 6) is -0.708. The Labute approximate surface area is 158 Å². The Morgan fingerprint density at radius 2 is 1.65 bits per heavy atom. The molecule has 0 fully saturated rings. The van der Waals surface area contributed by atoms with Crippen molar-refractivity contribution in [1.29, 1.82) is 0 Å². The van der Waals surface area contributed by atoms with Crippen LogP contribution >= 0.6 is 0 Å². The smallest absolute Gasteiger partial charge is 0.303 e. The highest BCUT2D eigenvalue weighted by Crippen LogP contribution is 2.04. The Balaban J connectivity index is 3.68. The summed E-state index contributed by atoms with van der Waals surface area (Å²) < 4.78 is 0. The second-order valence-electron chi connectivity index (χ2n) is 5.98. The largest absolute Gasteiger partial charge is 0.481 e. The molecular formula is C22H34O4. The third-order valence-electron chi connectivity index (χ3n) is 3.62. The van der Waals surface area contributed by atoms with E-state index in [-0.39, 0.29) is 12.5 Å². The van der Waals surface area contributed by atoms with E-state index in [4.69, 9.17) is 10.4 Å². The molecule has 0 aliphatic heterocycles. The van der Waals surface area contributed by atoms with E-state index in [1.807, 2.05) is 24.3 Å². The van der Waals surface area contributed by atoms with Crippen LogP contribution in [-0.4, -0.2) is 22.4 Å². The molecule has 0 aromatic heterocycles. The van der Waals surface area contributed by atoms with Gasteiger partial charge in [-0.2, -0.15) is 0 Å². The first-order valence-corrected chi connectivity index (χ1v) is 9.51. The van der Waals surface area contributed by atoms with Gasteiger partial charge >= 0.3 is 5.97 Å². The molecule has 2 N–H and O–H groups in total. The van der Waals surface area contributed by atoms with Crippen molar-refractivity contribution < 1.29 is 20.0 Å². The Kier molecular flexibility index (Phi) is 18.0. The Bertz CT molecular complexity index is 473. The fourth-order valence-corrected chi connectivity index (χ4v) is 2.18. The van der Waals surface area contributed by atoms with Gasteiger partial charge in [-0.3, -0.25) is 10.1 Å². The quantitative estimate of drug-likeness (QED) is 0.112. The van der Waals surface area contributed by atoms with Gasteiger partial charge in [-0.15, -0.1) is 0 Å². The Hall–Kier alpha value is -1.91. The summed E-state index contributed by atoms with van der Waals surface area (Å²) in [4.78, 5) is 14.8. The molecule has 0 heterocycles. The normalized spacial score (nSPS) is 13.9. The van der Waals surface area contributed by atoms with Gasteiger partial charge in [0.2, 0.25) is 0 Å². The van der Waals surface area contributed by atoms with Crippen molar-refractivity contribution in [2.75, 3.05) is 0 Å². The number of hydrogen-bond donors (Lipinski definition) is 2. The number of carboxylic acid groups (broad SMARTS) is 1. The minimum atomic E-state index is -0.708. The van der Waals surface area contributed by atoms with Gasteiger partial charge in [-0.05, 0) is 44.9 Å². The standard InChI is InChI=1S/C22H34O4/c1-2-3-15-18-21(26-25)19-16-13-11-9-7-5-4-6-8-10-12-14-17-20-22(23)24/h3,5-8,11,13,15-16,19,21,25H,2,4,9-10,12,14,17-18,20H2,1H3,(H,23,24)/b7-5-,8-6-,13-11-,15-3-,19-16+. The van der Waals surface area contributed by atoms with E-state index < -0.39 is 5.97 Å². The van der Waals surface area contributed by atoms with Crippen LogP contribution in [0, 0.1) is 0 Å². The molecule has 0 saturated carbocycles. The van der Waals surface area contributed by atoms with E-state index in [0.717, 1.165) is 44.9 Å². The van der Waals surface area contributed by atoms with Gasteiger partial charge in [0.1, 0.15) is 6.10 Å². The fourth-order valence-electron chi connectivity index (χ4n) is 2.18. The molecule has 0 aliphatic carbocycles. The average Bonchev–Trinajstić information content (AvgIpc) is 2.63. The van der Waals surface area contributed by atoms with Crippen molar-refractivity contribution >= 4 is 5.97 Å². The second kappa shape index (κ2) is 19.4. The number of allylic oxidation sites excluding steroid dienone is 8. The minimum absolute atomic E-state index is 0.277. The molecule has 0 rings (SSSR count). The van der Waals surface area contributed by atoms with Crippen LogP contribution in [0.5, 0.6) is 0 Å². The first-order chi connectivity index (χ1) is 12.7. The van der Waals surface area contributed by atoms with Crippen LogP contribution in [0.15, 0.2) is 60.8 Å². The minimum Gasteiger partial charge on any atom is -0.481 e. The molecule has 0 bridgehead atoms. The first-order valence-electron chi connectivity index (χ1n) is 9.51. The summed E-state index contributed by atoms with van der Waals surface area (Å²) in [7, 11) is 0. The highest BCUT2D eigenvalue weighted by Gasteiger charge is 1.99. The molecule has 1 unspecified atom stereocenters. The molecule has 0 aromatic rings. The zero-order chi connectivity index (χ0) is 19.3. The zero-order valence-corrected chi connectivity index (χ0v) is 15.9. The van der Waals surface area contributed by atoms with Crippen LogP contribution in [0.3, 0.4) is 0 Å². The van der Waals surface area contributed by atoms with Crippen molar-refractivity contribution in [1.82, 2.24) is 0 Å². The topological polar surface area (TPSA) is 66.8 Å². The van der Waals surface area contributed by atoms with Gasteiger partial charge in [0.25, 0.3) is 0 Å². The Morgan fingerprint density at radius 3 is 2.35 bits per heavy atom. The summed E-state index contributed by atoms with van der Waals surface area (Å²) in [6, 6.07) is 0. The summed E-state index contributed by atoms with van der Waals surface area (Å²) in [5, 5.41) is 17.3. The summed E-state index contributed by atoms with van der Waals surface area (Å²) in [6.45, 7) is 2.07. The lowest BCUT2D eigenvalue weighted by Crippen LogP contribution is -2.04. The van der Waals surface area contributed by atoms with Crippen LogP contribution in [0.2, 0.25) is 0 Å². The van der Waals surface area contributed by atoms with Gasteiger partial charge in [-0.25, -0.2) is 4.89 Å². The van der Waals surface area contributed by atoms with Crippen LogP contribution in [-0.2, 0) is 9.68 Å². The van der Waals surface area contributed by atoms with Crippen molar-refractivity contribution in [3.8, 4) is 0 Å².